The molecular weight excluding hydrogens is 358 g/mol. The molecule has 0 aromatic heterocycles. The lowest BCUT2D eigenvalue weighted by Crippen LogP contribution is -2.51. The van der Waals surface area contributed by atoms with Crippen LogP contribution in [-0.4, -0.2) is 28.8 Å². The first-order chi connectivity index (χ1) is 13.1. The zero-order valence-corrected chi connectivity index (χ0v) is 17.8. The summed E-state index contributed by atoms with van der Waals surface area (Å²) in [6, 6.07) is 0. The van der Waals surface area contributed by atoms with Crippen molar-refractivity contribution in [3.8, 4) is 0 Å². The van der Waals surface area contributed by atoms with Crippen molar-refractivity contribution in [1.82, 2.24) is 0 Å². The minimum Gasteiger partial charge on any atom is -0.393 e. The highest BCUT2D eigenvalue weighted by Crippen LogP contribution is 2.67. The lowest BCUT2D eigenvalue weighted by molar-refractivity contribution is -0.0900. The van der Waals surface area contributed by atoms with Gasteiger partial charge in [-0.2, -0.15) is 0 Å². The number of rotatable bonds is 4. The largest absolute Gasteiger partial charge is 0.393 e. The first-order valence-electron chi connectivity index (χ1n) is 11.5. The van der Waals surface area contributed by atoms with E-state index in [2.05, 4.69) is 19.9 Å². The SMILES string of the molecule is C[C@H](CC(F)(F)CO)[C@H]1CCC2C3CC=C4C[C@@H](O)CC[C@]4(C)C3CC[C@@]21C. The molecule has 0 amide bonds. The quantitative estimate of drug-likeness (QED) is 0.609. The Morgan fingerprint density at radius 3 is 2.61 bits per heavy atom. The van der Waals surface area contributed by atoms with Gasteiger partial charge in [0.1, 0.15) is 6.61 Å². The maximum absolute atomic E-state index is 13.9. The molecule has 0 heterocycles. The van der Waals surface area contributed by atoms with Gasteiger partial charge in [0.2, 0.25) is 0 Å². The Bertz CT molecular complexity index is 632. The average molecular weight is 397 g/mol. The van der Waals surface area contributed by atoms with E-state index >= 15 is 0 Å². The molecule has 2 nitrogen and oxygen atoms in total. The van der Waals surface area contributed by atoms with Crippen molar-refractivity contribution in [2.45, 2.75) is 90.6 Å². The molecule has 0 aliphatic heterocycles. The number of fused-ring (bicyclic) bond motifs is 5. The molecule has 0 spiro atoms. The maximum Gasteiger partial charge on any atom is 0.270 e. The molecule has 0 aromatic rings. The Kier molecular flexibility index (Phi) is 5.23. The molecule has 0 aromatic carbocycles. The van der Waals surface area contributed by atoms with Crippen LogP contribution in [0, 0.1) is 40.4 Å². The van der Waals surface area contributed by atoms with Crippen LogP contribution in [0.5, 0.6) is 0 Å². The Balaban J connectivity index is 1.55. The molecule has 28 heavy (non-hydrogen) atoms. The highest BCUT2D eigenvalue weighted by Gasteiger charge is 2.59. The zero-order valence-electron chi connectivity index (χ0n) is 17.8. The van der Waals surface area contributed by atoms with Crippen molar-refractivity contribution >= 4 is 0 Å². The van der Waals surface area contributed by atoms with E-state index in [0.717, 1.165) is 38.5 Å². The summed E-state index contributed by atoms with van der Waals surface area (Å²) in [5.74, 6) is -0.692. The minimum atomic E-state index is -2.95. The van der Waals surface area contributed by atoms with Crippen molar-refractivity contribution in [2.75, 3.05) is 6.61 Å². The average Bonchev–Trinajstić information content (AvgIpc) is 2.99. The van der Waals surface area contributed by atoms with E-state index in [1.807, 2.05) is 6.92 Å². The van der Waals surface area contributed by atoms with E-state index < -0.39 is 12.5 Å². The molecule has 3 fully saturated rings. The lowest BCUT2D eigenvalue weighted by Gasteiger charge is -2.58. The summed E-state index contributed by atoms with van der Waals surface area (Å²) in [5.41, 5.74) is 1.88. The molecule has 4 aliphatic carbocycles. The molecule has 3 unspecified atom stereocenters. The normalized spacial score (nSPS) is 47.0. The minimum absolute atomic E-state index is 0.0520. The summed E-state index contributed by atoms with van der Waals surface area (Å²) in [5, 5.41) is 19.2. The van der Waals surface area contributed by atoms with Gasteiger partial charge in [0, 0.05) is 6.42 Å². The van der Waals surface area contributed by atoms with Gasteiger partial charge < -0.3 is 10.2 Å². The summed E-state index contributed by atoms with van der Waals surface area (Å²) >= 11 is 0. The third kappa shape index (κ3) is 3.17. The molecule has 8 atom stereocenters. The van der Waals surface area contributed by atoms with Crippen LogP contribution in [0.2, 0.25) is 0 Å². The Hall–Kier alpha value is -0.480. The number of aliphatic hydroxyl groups is 2. The summed E-state index contributed by atoms with van der Waals surface area (Å²) in [4.78, 5) is 0. The standard InChI is InChI=1S/C24H38F2O2/c1-15(13-24(25,26)14-27)19-6-7-20-18-5-4-16-12-17(28)8-10-22(16,2)21(18)9-11-23(19,20)3/h4,15,17-21,27-28H,5-14H2,1-3H3/t15-,17+,18?,19-,20?,21?,22+,23-/m1/s1. The first-order valence-corrected chi connectivity index (χ1v) is 11.5. The number of aliphatic hydroxyl groups excluding tert-OH is 2. The molecular formula is C24H38F2O2. The van der Waals surface area contributed by atoms with Crippen LogP contribution in [0.3, 0.4) is 0 Å². The third-order valence-corrected chi connectivity index (χ3v) is 9.69. The van der Waals surface area contributed by atoms with Crippen molar-refractivity contribution in [1.29, 1.82) is 0 Å². The summed E-state index contributed by atoms with van der Waals surface area (Å²) in [7, 11) is 0. The smallest absolute Gasteiger partial charge is 0.270 e. The van der Waals surface area contributed by atoms with Crippen molar-refractivity contribution < 1.29 is 19.0 Å². The van der Waals surface area contributed by atoms with Gasteiger partial charge in [-0.25, -0.2) is 8.78 Å². The molecule has 0 bridgehead atoms. The molecule has 4 heteroatoms. The zero-order chi connectivity index (χ0) is 20.3. The summed E-state index contributed by atoms with van der Waals surface area (Å²) in [6.07, 6.45) is 10.6. The van der Waals surface area contributed by atoms with Gasteiger partial charge in [-0.3, -0.25) is 0 Å². The van der Waals surface area contributed by atoms with Crippen LogP contribution in [-0.2, 0) is 0 Å². The molecule has 2 N–H and O–H groups in total. The predicted octanol–water partition coefficient (Wildman–Crippen LogP) is 5.58. The fraction of sp³-hybridized carbons (Fsp3) is 0.917. The van der Waals surface area contributed by atoms with Gasteiger partial charge in [-0.15, -0.1) is 0 Å². The van der Waals surface area contributed by atoms with Gasteiger partial charge in [-0.1, -0.05) is 32.4 Å². The van der Waals surface area contributed by atoms with E-state index in [1.54, 1.807) is 0 Å². The second-order valence-electron chi connectivity index (χ2n) is 11.1. The molecule has 0 saturated heterocycles. The van der Waals surface area contributed by atoms with Crippen molar-refractivity contribution in [3.63, 3.8) is 0 Å². The van der Waals surface area contributed by atoms with Crippen LogP contribution in [0.4, 0.5) is 8.78 Å². The van der Waals surface area contributed by atoms with E-state index in [9.17, 15) is 13.9 Å². The molecule has 4 aliphatic rings. The number of hydrogen-bond acceptors (Lipinski definition) is 2. The topological polar surface area (TPSA) is 40.5 Å². The Morgan fingerprint density at radius 2 is 1.89 bits per heavy atom. The third-order valence-electron chi connectivity index (χ3n) is 9.69. The predicted molar refractivity (Wildman–Crippen MR) is 107 cm³/mol. The van der Waals surface area contributed by atoms with Crippen molar-refractivity contribution in [3.05, 3.63) is 11.6 Å². The fourth-order valence-corrected chi connectivity index (χ4v) is 8.29. The van der Waals surface area contributed by atoms with Crippen molar-refractivity contribution in [2.24, 2.45) is 40.4 Å². The van der Waals surface area contributed by atoms with E-state index in [1.165, 1.54) is 18.4 Å². The number of halogens is 2. The second-order valence-corrected chi connectivity index (χ2v) is 11.1. The number of allylic oxidation sites excluding steroid dienone is 1. The highest BCUT2D eigenvalue weighted by atomic mass is 19.3. The fourth-order valence-electron chi connectivity index (χ4n) is 8.29. The number of alkyl halides is 2. The monoisotopic (exact) mass is 396 g/mol. The second kappa shape index (κ2) is 7.04. The van der Waals surface area contributed by atoms with E-state index in [4.69, 9.17) is 5.11 Å². The Labute approximate surface area is 168 Å². The van der Waals surface area contributed by atoms with Gasteiger partial charge >= 0.3 is 0 Å². The van der Waals surface area contributed by atoms with E-state index in [-0.39, 0.29) is 29.3 Å². The van der Waals surface area contributed by atoms with Crippen LogP contribution in [0.25, 0.3) is 0 Å². The summed E-state index contributed by atoms with van der Waals surface area (Å²) < 4.78 is 27.7. The van der Waals surface area contributed by atoms with Crippen LogP contribution < -0.4 is 0 Å². The van der Waals surface area contributed by atoms with Crippen LogP contribution in [0.1, 0.15) is 78.6 Å². The van der Waals surface area contributed by atoms with E-state index in [0.29, 0.717) is 23.7 Å². The molecule has 160 valence electrons. The molecule has 4 rings (SSSR count). The van der Waals surface area contributed by atoms with Gasteiger partial charge in [0.15, 0.2) is 0 Å². The Morgan fingerprint density at radius 1 is 1.14 bits per heavy atom. The lowest BCUT2D eigenvalue weighted by atomic mass is 9.47. The number of hydrogen-bond donors (Lipinski definition) is 2. The molecule has 3 saturated carbocycles. The first kappa shape index (κ1) is 20.8. The van der Waals surface area contributed by atoms with Gasteiger partial charge in [-0.05, 0) is 91.8 Å². The van der Waals surface area contributed by atoms with Gasteiger partial charge in [0.25, 0.3) is 5.92 Å². The van der Waals surface area contributed by atoms with Gasteiger partial charge in [0.05, 0.1) is 6.10 Å². The molecule has 0 radical (unpaired) electrons. The summed E-state index contributed by atoms with van der Waals surface area (Å²) in [6.45, 7) is 5.76. The maximum atomic E-state index is 13.9. The highest BCUT2D eigenvalue weighted by molar-refractivity contribution is 5.25. The van der Waals surface area contributed by atoms with Crippen LogP contribution in [0.15, 0.2) is 11.6 Å². The van der Waals surface area contributed by atoms with Crippen LogP contribution >= 0.6 is 0 Å².